The zero-order valence-corrected chi connectivity index (χ0v) is 23.8. The van der Waals surface area contributed by atoms with Crippen molar-refractivity contribution < 1.29 is 23.4 Å². The van der Waals surface area contributed by atoms with Gasteiger partial charge in [-0.15, -0.1) is 0 Å². The molecule has 0 fully saturated rings. The second-order valence-electron chi connectivity index (χ2n) is 8.77. The van der Waals surface area contributed by atoms with Gasteiger partial charge in [-0.25, -0.2) is 14.8 Å². The highest BCUT2D eigenvalue weighted by molar-refractivity contribution is 7.07. The van der Waals surface area contributed by atoms with E-state index in [0.29, 0.717) is 38.5 Å². The molecule has 210 valence electrons. The number of carbonyl (C=O) groups is 1. The number of thiazole rings is 1. The molecule has 0 radical (unpaired) electrons. The van der Waals surface area contributed by atoms with Crippen molar-refractivity contribution in [1.82, 2.24) is 14.5 Å². The Morgan fingerprint density at radius 1 is 1.15 bits per heavy atom. The average molecular weight is 595 g/mol. The van der Waals surface area contributed by atoms with Crippen LogP contribution < -0.4 is 24.4 Å². The summed E-state index contributed by atoms with van der Waals surface area (Å²) in [6, 6.07) is 13.2. The fourth-order valence-electron chi connectivity index (χ4n) is 4.35. The van der Waals surface area contributed by atoms with Gasteiger partial charge in [-0.2, -0.15) is 9.37 Å². The van der Waals surface area contributed by atoms with Crippen molar-refractivity contribution in [3.05, 3.63) is 108 Å². The second-order valence-corrected chi connectivity index (χ2v) is 10.1. The van der Waals surface area contributed by atoms with Crippen molar-refractivity contribution in [2.45, 2.75) is 26.8 Å². The molecule has 0 amide bonds. The molecule has 0 N–H and O–H groups in total. The number of nitrogens with zero attached hydrogens (tertiary/aromatic N) is 4. The summed E-state index contributed by atoms with van der Waals surface area (Å²) in [4.78, 5) is 39.3. The molecule has 3 heterocycles. The molecule has 0 spiro atoms. The van der Waals surface area contributed by atoms with Crippen molar-refractivity contribution in [2.75, 3.05) is 13.2 Å². The van der Waals surface area contributed by atoms with E-state index in [1.165, 1.54) is 15.9 Å². The van der Waals surface area contributed by atoms with Crippen molar-refractivity contribution in [1.29, 1.82) is 0 Å². The molecule has 1 atom stereocenters. The zero-order chi connectivity index (χ0) is 29.1. The van der Waals surface area contributed by atoms with E-state index in [1.807, 2.05) is 19.1 Å². The second kappa shape index (κ2) is 12.0. The van der Waals surface area contributed by atoms with E-state index in [4.69, 9.17) is 25.8 Å². The Kier molecular flexibility index (Phi) is 8.27. The molecule has 12 heteroatoms. The number of allylic oxidation sites excluding steroid dienone is 1. The van der Waals surface area contributed by atoms with Crippen LogP contribution in [0.3, 0.4) is 0 Å². The number of hydrogen-bond donors (Lipinski definition) is 0. The monoisotopic (exact) mass is 594 g/mol. The number of fused-ring (bicyclic) bond motifs is 1. The Bertz CT molecular complexity index is 1840. The van der Waals surface area contributed by atoms with E-state index in [9.17, 15) is 14.0 Å². The van der Waals surface area contributed by atoms with Gasteiger partial charge in [0.2, 0.25) is 11.1 Å². The van der Waals surface area contributed by atoms with E-state index in [1.54, 1.807) is 56.3 Å². The van der Waals surface area contributed by atoms with E-state index in [-0.39, 0.29) is 34.7 Å². The lowest BCUT2D eigenvalue weighted by Crippen LogP contribution is -2.39. The highest BCUT2D eigenvalue weighted by Crippen LogP contribution is 2.32. The summed E-state index contributed by atoms with van der Waals surface area (Å²) in [5, 5.41) is -0.154. The molecular weight excluding hydrogens is 571 g/mol. The third-order valence-electron chi connectivity index (χ3n) is 6.08. The van der Waals surface area contributed by atoms with Crippen LogP contribution >= 0.6 is 22.9 Å². The van der Waals surface area contributed by atoms with E-state index in [0.717, 1.165) is 6.20 Å². The fraction of sp³-hybridized carbons (Fsp3) is 0.207. The first-order chi connectivity index (χ1) is 19.8. The third kappa shape index (κ3) is 5.91. The van der Waals surface area contributed by atoms with Crippen LogP contribution in [0.2, 0.25) is 5.28 Å². The lowest BCUT2D eigenvalue weighted by molar-refractivity contribution is -0.139. The minimum Gasteiger partial charge on any atom is -0.494 e. The predicted molar refractivity (Wildman–Crippen MR) is 152 cm³/mol. The van der Waals surface area contributed by atoms with Crippen molar-refractivity contribution in [3.8, 4) is 17.4 Å². The predicted octanol–water partition coefficient (Wildman–Crippen LogP) is 4.57. The molecule has 0 unspecified atom stereocenters. The lowest BCUT2D eigenvalue weighted by Gasteiger charge is -2.24. The van der Waals surface area contributed by atoms with E-state index < -0.39 is 17.8 Å². The van der Waals surface area contributed by atoms with Gasteiger partial charge in [0.1, 0.15) is 11.5 Å². The topological polar surface area (TPSA) is 105 Å². The van der Waals surface area contributed by atoms with Crippen LogP contribution in [0.4, 0.5) is 4.39 Å². The van der Waals surface area contributed by atoms with Gasteiger partial charge >= 0.3 is 5.97 Å². The normalized spacial score (nSPS) is 14.9. The molecule has 5 rings (SSSR count). The van der Waals surface area contributed by atoms with Crippen LogP contribution in [-0.4, -0.2) is 33.7 Å². The molecule has 0 saturated heterocycles. The highest BCUT2D eigenvalue weighted by Gasteiger charge is 2.33. The number of hydrogen-bond acceptors (Lipinski definition) is 9. The van der Waals surface area contributed by atoms with Crippen LogP contribution in [0, 0.1) is 5.82 Å². The standard InChI is InChI=1S/C29H24ClFN4O5S/c1-4-38-19-11-9-18(10-12-19)24-23(27(37)39-5-2)16(3)33-29-35(24)26(36)22(41-29)14-17-7-6-8-20(13-17)40-25-21(31)15-32-28(30)34-25/h6-15,24H,4-5H2,1-3H3/b22-14-/t24-/m1/s1. The van der Waals surface area contributed by atoms with Crippen LogP contribution in [0.25, 0.3) is 6.08 Å². The van der Waals surface area contributed by atoms with Crippen LogP contribution in [-0.2, 0) is 9.53 Å². The van der Waals surface area contributed by atoms with Gasteiger partial charge in [0, 0.05) is 0 Å². The van der Waals surface area contributed by atoms with Gasteiger partial charge in [0.05, 0.1) is 41.3 Å². The first kappa shape index (κ1) is 28.2. The quantitative estimate of drug-likeness (QED) is 0.217. The smallest absolute Gasteiger partial charge is 0.338 e. The molecule has 2 aromatic carbocycles. The first-order valence-corrected chi connectivity index (χ1v) is 13.9. The summed E-state index contributed by atoms with van der Waals surface area (Å²) in [5.74, 6) is -0.668. The maximum Gasteiger partial charge on any atom is 0.338 e. The SMILES string of the molecule is CCOC(=O)C1=C(C)N=c2s/c(=C\c3cccc(Oc4nc(Cl)ncc4F)c3)c(=O)n2[C@@H]1c1ccc(OCC)cc1. The number of benzene rings is 2. The molecular formula is C29H24ClFN4O5S. The molecule has 2 aromatic heterocycles. The lowest BCUT2D eigenvalue weighted by atomic mass is 9.96. The number of carbonyl (C=O) groups excluding carboxylic acids is 1. The largest absolute Gasteiger partial charge is 0.494 e. The highest BCUT2D eigenvalue weighted by atomic mass is 35.5. The maximum absolute atomic E-state index is 14.1. The molecule has 0 bridgehead atoms. The summed E-state index contributed by atoms with van der Waals surface area (Å²) in [6.07, 6.45) is 2.60. The molecule has 1 aliphatic heterocycles. The van der Waals surface area contributed by atoms with Gasteiger partial charge < -0.3 is 14.2 Å². The number of halogens is 2. The molecule has 0 aliphatic carbocycles. The first-order valence-electron chi connectivity index (χ1n) is 12.7. The molecule has 1 aliphatic rings. The molecule has 4 aromatic rings. The van der Waals surface area contributed by atoms with Crippen molar-refractivity contribution in [3.63, 3.8) is 0 Å². The number of rotatable bonds is 8. The summed E-state index contributed by atoms with van der Waals surface area (Å²) in [5.41, 5.74) is 1.75. The van der Waals surface area contributed by atoms with Crippen LogP contribution in [0.15, 0.2) is 75.8 Å². The van der Waals surface area contributed by atoms with E-state index >= 15 is 0 Å². The van der Waals surface area contributed by atoms with Gasteiger partial charge in [-0.3, -0.25) is 9.36 Å². The van der Waals surface area contributed by atoms with Gasteiger partial charge in [-0.05, 0) is 73.8 Å². The summed E-state index contributed by atoms with van der Waals surface area (Å²) in [7, 11) is 0. The summed E-state index contributed by atoms with van der Waals surface area (Å²) >= 11 is 6.96. The van der Waals surface area contributed by atoms with Crippen LogP contribution in [0.1, 0.15) is 37.9 Å². The van der Waals surface area contributed by atoms with Gasteiger partial charge in [-0.1, -0.05) is 35.6 Å². The van der Waals surface area contributed by atoms with Crippen LogP contribution in [0.5, 0.6) is 17.4 Å². The Labute approximate surface area is 242 Å². The van der Waals surface area contributed by atoms with Gasteiger partial charge in [0.15, 0.2) is 4.80 Å². The maximum atomic E-state index is 14.1. The zero-order valence-electron chi connectivity index (χ0n) is 22.3. The Morgan fingerprint density at radius 3 is 2.66 bits per heavy atom. The molecule has 41 heavy (non-hydrogen) atoms. The number of ether oxygens (including phenoxy) is 3. The number of esters is 1. The minimum atomic E-state index is -0.768. The summed E-state index contributed by atoms with van der Waals surface area (Å²) < 4.78 is 32.4. The number of aromatic nitrogens is 3. The Morgan fingerprint density at radius 2 is 1.93 bits per heavy atom. The third-order valence-corrected chi connectivity index (χ3v) is 7.24. The molecule has 9 nitrogen and oxygen atoms in total. The Hall–Kier alpha value is -4.35. The fourth-order valence-corrected chi connectivity index (χ4v) is 5.53. The van der Waals surface area contributed by atoms with Gasteiger partial charge in [0.25, 0.3) is 11.4 Å². The average Bonchev–Trinajstić information content (AvgIpc) is 3.25. The Balaban J connectivity index is 1.59. The minimum absolute atomic E-state index is 0.154. The molecule has 0 saturated carbocycles. The van der Waals surface area contributed by atoms with Crippen molar-refractivity contribution in [2.24, 2.45) is 4.99 Å². The van der Waals surface area contributed by atoms with Crippen molar-refractivity contribution >= 4 is 35.0 Å². The van der Waals surface area contributed by atoms with E-state index in [2.05, 4.69) is 15.0 Å². The summed E-state index contributed by atoms with van der Waals surface area (Å²) in [6.45, 7) is 6.03.